The van der Waals surface area contributed by atoms with Crippen molar-refractivity contribution in [3.8, 4) is 50.8 Å². The van der Waals surface area contributed by atoms with E-state index in [0.29, 0.717) is 17.9 Å². The van der Waals surface area contributed by atoms with Crippen molar-refractivity contribution in [2.75, 3.05) is 0 Å². The van der Waals surface area contributed by atoms with E-state index in [1.807, 2.05) is 97.1 Å². The number of carbonyl (C=O) groups excluding carboxylic acids is 1. The summed E-state index contributed by atoms with van der Waals surface area (Å²) in [7, 11) is 0. The number of benzene rings is 5. The fraction of sp³-hybridized carbons (Fsp3) is 0. The molecule has 9 aromatic rings. The zero-order valence-corrected chi connectivity index (χ0v) is 27.4. The molecule has 8 heteroatoms. The molecule has 0 atom stereocenters. The molecule has 0 fully saturated rings. The summed E-state index contributed by atoms with van der Waals surface area (Å²) in [5.41, 5.74) is 9.71. The highest BCUT2D eigenvalue weighted by Gasteiger charge is 2.13. The van der Waals surface area contributed by atoms with Crippen LogP contribution < -0.4 is 4.74 Å². The quantitative estimate of drug-likeness (QED) is 0.131. The van der Waals surface area contributed by atoms with Gasteiger partial charge in [-0.25, -0.2) is 24.7 Å². The molecule has 1 N–H and O–H groups in total. The lowest BCUT2D eigenvalue weighted by Crippen LogP contribution is -1.96. The van der Waals surface area contributed by atoms with Crippen molar-refractivity contribution in [2.45, 2.75) is 0 Å². The Balaban J connectivity index is 1.12. The zero-order chi connectivity index (χ0) is 35.2. The number of carboxylic acids is 1. The topological polar surface area (TPSA) is 115 Å². The van der Waals surface area contributed by atoms with E-state index in [0.717, 1.165) is 82.9 Å². The molecule has 0 amide bonds. The Morgan fingerprint density at radius 2 is 0.827 bits per heavy atom. The van der Waals surface area contributed by atoms with Crippen LogP contribution in [0, 0.1) is 0 Å². The molecule has 8 nitrogen and oxygen atoms in total. The molecule has 4 heterocycles. The molecule has 5 aromatic carbocycles. The minimum absolute atomic E-state index is 0.209. The van der Waals surface area contributed by atoms with Crippen molar-refractivity contribution >= 4 is 56.1 Å². The fourth-order valence-electron chi connectivity index (χ4n) is 6.61. The van der Waals surface area contributed by atoms with E-state index in [4.69, 9.17) is 24.7 Å². The first-order valence-electron chi connectivity index (χ1n) is 16.6. The minimum Gasteiger partial charge on any atom is -0.478 e. The van der Waals surface area contributed by atoms with Gasteiger partial charge < -0.3 is 9.84 Å². The van der Waals surface area contributed by atoms with E-state index in [9.17, 15) is 14.7 Å². The van der Waals surface area contributed by atoms with Gasteiger partial charge in [-0.1, -0.05) is 91.0 Å². The first-order valence-corrected chi connectivity index (χ1v) is 16.6. The summed E-state index contributed by atoms with van der Waals surface area (Å²) in [6, 6.07) is 46.4. The Kier molecular flexibility index (Phi) is 7.40. The second-order valence-electron chi connectivity index (χ2n) is 12.4. The Labute approximate surface area is 296 Å². The van der Waals surface area contributed by atoms with Crippen LogP contribution >= 0.6 is 0 Å². The van der Waals surface area contributed by atoms with Crippen LogP contribution in [-0.4, -0.2) is 37.5 Å². The van der Waals surface area contributed by atoms with E-state index in [1.54, 1.807) is 30.3 Å². The first-order chi connectivity index (χ1) is 25.5. The molecule has 0 aliphatic heterocycles. The van der Waals surface area contributed by atoms with Gasteiger partial charge in [-0.2, -0.15) is 0 Å². The summed E-state index contributed by atoms with van der Waals surface area (Å²) < 4.78 is 5.06. The number of carboxylic acid groups (broad SMARTS) is 1. The number of hydrogen-bond acceptors (Lipinski definition) is 7. The second kappa shape index (κ2) is 12.5. The van der Waals surface area contributed by atoms with Gasteiger partial charge in [0, 0.05) is 43.8 Å². The molecule has 0 spiro atoms. The number of hydrogen-bond donors (Lipinski definition) is 1. The number of nitrogens with zero attached hydrogens (tertiary/aromatic N) is 4. The van der Waals surface area contributed by atoms with Gasteiger partial charge in [-0.3, -0.25) is 4.79 Å². The predicted molar refractivity (Wildman–Crippen MR) is 203 cm³/mol. The van der Waals surface area contributed by atoms with Crippen LogP contribution in [0.25, 0.3) is 88.6 Å². The van der Waals surface area contributed by atoms with E-state index < -0.39 is 5.97 Å². The van der Waals surface area contributed by atoms with Crippen LogP contribution in [0.2, 0.25) is 0 Å². The molecule has 0 aliphatic carbocycles. The summed E-state index contributed by atoms with van der Waals surface area (Å²) in [6.45, 7) is 0.415. The lowest BCUT2D eigenvalue weighted by atomic mass is 10.0. The lowest BCUT2D eigenvalue weighted by Gasteiger charge is -2.10. The predicted octanol–water partition coefficient (Wildman–Crippen LogP) is 9.78. The van der Waals surface area contributed by atoms with Gasteiger partial charge in [0.25, 0.3) is 6.47 Å². The highest BCUT2D eigenvalue weighted by Crippen LogP contribution is 2.33. The van der Waals surface area contributed by atoms with Crippen LogP contribution in [0.15, 0.2) is 146 Å². The molecule has 0 unspecified atom stereocenters. The molecule has 0 saturated carbocycles. The van der Waals surface area contributed by atoms with Gasteiger partial charge in [-0.05, 0) is 54.6 Å². The van der Waals surface area contributed by atoms with Gasteiger partial charge >= 0.3 is 5.97 Å². The number of ether oxygens (including phenoxy) is 1. The van der Waals surface area contributed by atoms with Crippen molar-refractivity contribution in [3.05, 3.63) is 151 Å². The SMILES string of the molecule is O=COc1cccc(-c2ccc3ccc4ccc(-c5cccc(-c6ccc7ccc8ccc(-c9cccc(C(=O)O)c9)nc8c7n6)c5)nc4c3n2)c1. The molecule has 246 valence electrons. The fourth-order valence-corrected chi connectivity index (χ4v) is 6.61. The van der Waals surface area contributed by atoms with Crippen LogP contribution in [0.5, 0.6) is 5.75 Å². The normalized spacial score (nSPS) is 11.3. The summed E-state index contributed by atoms with van der Waals surface area (Å²) in [4.78, 5) is 42.8. The third-order valence-electron chi connectivity index (χ3n) is 9.21. The summed E-state index contributed by atoms with van der Waals surface area (Å²) >= 11 is 0. The Hall–Kier alpha value is -7.32. The standard InChI is InChI=1S/C44H26N4O4/c49-25-52-35-9-3-7-33(24-35)39-21-17-29-13-12-27-15-19-37(46-42(27)43(29)48-39)31-5-1-4-30(22-31)36-18-14-26-10-11-28-16-20-38(47-41(28)40(26)45-36)32-6-2-8-34(23-32)44(50)51/h1-25H,(H,50,51). The van der Waals surface area contributed by atoms with Crippen LogP contribution in [0.1, 0.15) is 10.4 Å². The second-order valence-corrected chi connectivity index (χ2v) is 12.4. The lowest BCUT2D eigenvalue weighted by molar-refractivity contribution is -0.120. The minimum atomic E-state index is -0.982. The van der Waals surface area contributed by atoms with E-state index in [-0.39, 0.29) is 5.56 Å². The molecule has 0 radical (unpaired) electrons. The third kappa shape index (κ3) is 5.54. The first kappa shape index (κ1) is 30.7. The molecule has 0 saturated heterocycles. The number of aromatic nitrogens is 4. The van der Waals surface area contributed by atoms with E-state index >= 15 is 0 Å². The number of carbonyl (C=O) groups is 2. The van der Waals surface area contributed by atoms with Crippen LogP contribution in [0.3, 0.4) is 0 Å². The highest BCUT2D eigenvalue weighted by molar-refractivity contribution is 6.05. The number of rotatable bonds is 7. The maximum absolute atomic E-state index is 11.6. The van der Waals surface area contributed by atoms with Crippen molar-refractivity contribution in [2.24, 2.45) is 0 Å². The molecule has 0 bridgehead atoms. The Morgan fingerprint density at radius 1 is 0.462 bits per heavy atom. The number of aromatic carboxylic acids is 1. The molecule has 52 heavy (non-hydrogen) atoms. The van der Waals surface area contributed by atoms with E-state index in [1.165, 1.54) is 0 Å². The molecular formula is C44H26N4O4. The summed E-state index contributed by atoms with van der Waals surface area (Å²) in [5, 5.41) is 13.3. The smallest absolute Gasteiger partial charge is 0.335 e. The molecule has 4 aromatic heterocycles. The summed E-state index contributed by atoms with van der Waals surface area (Å²) in [5.74, 6) is -0.532. The monoisotopic (exact) mass is 674 g/mol. The van der Waals surface area contributed by atoms with Gasteiger partial charge in [-0.15, -0.1) is 0 Å². The Morgan fingerprint density at radius 3 is 1.25 bits per heavy atom. The van der Waals surface area contributed by atoms with Crippen LogP contribution in [-0.2, 0) is 4.79 Å². The highest BCUT2D eigenvalue weighted by atomic mass is 16.5. The van der Waals surface area contributed by atoms with Crippen molar-refractivity contribution in [3.63, 3.8) is 0 Å². The van der Waals surface area contributed by atoms with Gasteiger partial charge in [0.1, 0.15) is 5.75 Å². The number of fused-ring (bicyclic) bond motifs is 6. The average Bonchev–Trinajstić information content (AvgIpc) is 3.20. The van der Waals surface area contributed by atoms with Crippen LogP contribution in [0.4, 0.5) is 0 Å². The van der Waals surface area contributed by atoms with E-state index in [2.05, 4.69) is 18.2 Å². The Bertz CT molecular complexity index is 2910. The average molecular weight is 675 g/mol. The van der Waals surface area contributed by atoms with Gasteiger partial charge in [0.2, 0.25) is 0 Å². The molecule has 9 rings (SSSR count). The molecule has 0 aliphatic rings. The molecular weight excluding hydrogens is 649 g/mol. The van der Waals surface area contributed by atoms with Crippen molar-refractivity contribution in [1.82, 2.24) is 19.9 Å². The number of pyridine rings is 4. The van der Waals surface area contributed by atoms with Gasteiger partial charge in [0.05, 0.1) is 50.4 Å². The van der Waals surface area contributed by atoms with Crippen molar-refractivity contribution in [1.29, 1.82) is 0 Å². The maximum Gasteiger partial charge on any atom is 0.335 e. The zero-order valence-electron chi connectivity index (χ0n) is 27.4. The largest absolute Gasteiger partial charge is 0.478 e. The van der Waals surface area contributed by atoms with Gasteiger partial charge in [0.15, 0.2) is 0 Å². The maximum atomic E-state index is 11.6. The third-order valence-corrected chi connectivity index (χ3v) is 9.21. The summed E-state index contributed by atoms with van der Waals surface area (Å²) in [6.07, 6.45) is 0. The van der Waals surface area contributed by atoms with Crippen molar-refractivity contribution < 1.29 is 19.4 Å².